The monoisotopic (exact) mass is 526 g/mol. The van der Waals surface area contributed by atoms with Crippen LogP contribution in [-0.4, -0.2) is 57.1 Å². The average Bonchev–Trinajstić information content (AvgIpc) is 2.91. The summed E-state index contributed by atoms with van der Waals surface area (Å²) in [6, 6.07) is 20.6. The second-order valence-corrected chi connectivity index (χ2v) is 9.50. The molecule has 8 heteroatoms. The minimum Gasteiger partial charge on any atom is -0.497 e. The number of halogens is 1. The molecule has 2 aliphatic rings. The number of carbonyl (C=O) groups excluding carboxylic acids is 1. The molecule has 1 saturated heterocycles. The van der Waals surface area contributed by atoms with Crippen molar-refractivity contribution in [3.63, 3.8) is 0 Å². The molecule has 1 atom stereocenters. The maximum Gasteiger partial charge on any atom is 0.231 e. The first-order valence-electron chi connectivity index (χ1n) is 12.7. The van der Waals surface area contributed by atoms with Crippen molar-refractivity contribution in [3.8, 4) is 11.5 Å². The molecule has 37 heavy (non-hydrogen) atoms. The molecule has 2 N–H and O–H groups in total. The van der Waals surface area contributed by atoms with Gasteiger partial charge in [0.25, 0.3) is 0 Å². The molecule has 1 fully saturated rings. The number of primary amides is 1. The van der Waals surface area contributed by atoms with E-state index in [9.17, 15) is 4.79 Å². The number of para-hydroxylation sites is 1. The van der Waals surface area contributed by atoms with Crippen molar-refractivity contribution < 1.29 is 23.7 Å². The lowest BCUT2D eigenvalue weighted by Crippen LogP contribution is -2.40. The van der Waals surface area contributed by atoms with Crippen LogP contribution >= 0.6 is 12.4 Å². The van der Waals surface area contributed by atoms with Crippen molar-refractivity contribution in [1.29, 1.82) is 0 Å². The maximum absolute atomic E-state index is 11.8. The topological polar surface area (TPSA) is 83.2 Å². The first-order valence-corrected chi connectivity index (χ1v) is 12.7. The van der Waals surface area contributed by atoms with E-state index in [1.54, 1.807) is 7.11 Å². The van der Waals surface area contributed by atoms with Gasteiger partial charge in [0.1, 0.15) is 11.5 Å². The third-order valence-electron chi connectivity index (χ3n) is 7.14. The maximum atomic E-state index is 11.8. The molecular weight excluding hydrogens is 492 g/mol. The number of rotatable bonds is 9. The van der Waals surface area contributed by atoms with Gasteiger partial charge in [0.05, 0.1) is 33.5 Å². The standard InChI is InChI=1S/C29H34N2O5.ClH/c1-33-22-11-12-24-20(16-22)6-4-8-23(24)21-18-35-29(36-19-21)10-5-14-31(17-28(30)32)26-13-15-34-27-9-3-2-7-25(26)27;/h2-4,6-9,11-12,16,21,26,29H,5,10,13-15,17-19H2,1H3,(H2,30,32);1H. The molecule has 0 saturated carbocycles. The Balaban J connectivity index is 0.00000320. The van der Waals surface area contributed by atoms with Crippen LogP contribution in [-0.2, 0) is 14.3 Å². The molecule has 5 rings (SSSR count). The first kappa shape index (κ1) is 27.2. The van der Waals surface area contributed by atoms with Crippen LogP contribution in [0.5, 0.6) is 11.5 Å². The molecule has 2 aliphatic heterocycles. The lowest BCUT2D eigenvalue weighted by Gasteiger charge is -2.35. The van der Waals surface area contributed by atoms with E-state index in [-0.39, 0.29) is 43.1 Å². The highest BCUT2D eigenvalue weighted by atomic mass is 35.5. The fraction of sp³-hybridized carbons (Fsp3) is 0.414. The van der Waals surface area contributed by atoms with Crippen molar-refractivity contribution in [1.82, 2.24) is 4.90 Å². The van der Waals surface area contributed by atoms with Crippen molar-refractivity contribution >= 4 is 29.1 Å². The minimum absolute atomic E-state index is 0. The van der Waals surface area contributed by atoms with Gasteiger partial charge in [-0.05, 0) is 53.9 Å². The van der Waals surface area contributed by atoms with Gasteiger partial charge in [-0.25, -0.2) is 0 Å². The fourth-order valence-electron chi connectivity index (χ4n) is 5.37. The number of methoxy groups -OCH3 is 1. The highest BCUT2D eigenvalue weighted by molar-refractivity contribution is 5.87. The second-order valence-electron chi connectivity index (χ2n) is 9.50. The molecule has 0 bridgehead atoms. The Morgan fingerprint density at radius 1 is 1.05 bits per heavy atom. The van der Waals surface area contributed by atoms with Gasteiger partial charge < -0.3 is 24.7 Å². The summed E-state index contributed by atoms with van der Waals surface area (Å²) in [5.41, 5.74) is 7.94. The van der Waals surface area contributed by atoms with Gasteiger partial charge in [-0.3, -0.25) is 9.69 Å². The van der Waals surface area contributed by atoms with Crippen LogP contribution in [0.1, 0.15) is 42.3 Å². The van der Waals surface area contributed by atoms with E-state index < -0.39 is 0 Å². The number of benzene rings is 3. The van der Waals surface area contributed by atoms with E-state index in [2.05, 4.69) is 41.3 Å². The highest BCUT2D eigenvalue weighted by Crippen LogP contribution is 2.36. The van der Waals surface area contributed by atoms with E-state index in [4.69, 9.17) is 24.7 Å². The second kappa shape index (κ2) is 12.6. The number of hydrogen-bond donors (Lipinski definition) is 1. The molecular formula is C29H35ClN2O5. The van der Waals surface area contributed by atoms with Crippen molar-refractivity contribution in [2.24, 2.45) is 5.73 Å². The largest absolute Gasteiger partial charge is 0.497 e. The molecule has 1 unspecified atom stereocenters. The summed E-state index contributed by atoms with van der Waals surface area (Å²) in [7, 11) is 1.68. The lowest BCUT2D eigenvalue weighted by molar-refractivity contribution is -0.190. The SMILES string of the molecule is COc1ccc2c(C3COC(CCCN(CC(N)=O)C4CCOc5ccccc54)OC3)cccc2c1.Cl. The summed E-state index contributed by atoms with van der Waals surface area (Å²) in [5.74, 6) is 1.61. The molecule has 7 nitrogen and oxygen atoms in total. The first-order chi connectivity index (χ1) is 17.6. The molecule has 1 amide bonds. The van der Waals surface area contributed by atoms with E-state index >= 15 is 0 Å². The van der Waals surface area contributed by atoms with Gasteiger partial charge in [-0.15, -0.1) is 12.4 Å². The summed E-state index contributed by atoms with van der Waals surface area (Å²) in [6.07, 6.45) is 2.20. The molecule has 3 aromatic rings. The third-order valence-corrected chi connectivity index (χ3v) is 7.14. The van der Waals surface area contributed by atoms with Crippen LogP contribution in [0.2, 0.25) is 0 Å². The highest BCUT2D eigenvalue weighted by Gasteiger charge is 2.29. The number of nitrogens with two attached hydrogens (primary N) is 1. The summed E-state index contributed by atoms with van der Waals surface area (Å²) in [5, 5.41) is 2.35. The molecule has 2 heterocycles. The van der Waals surface area contributed by atoms with E-state index in [1.807, 2.05) is 24.3 Å². The molecule has 198 valence electrons. The number of amides is 1. The zero-order valence-corrected chi connectivity index (χ0v) is 22.0. The van der Waals surface area contributed by atoms with Gasteiger partial charge in [-0.1, -0.05) is 42.5 Å². The van der Waals surface area contributed by atoms with Gasteiger partial charge in [-0.2, -0.15) is 0 Å². The Morgan fingerprint density at radius 2 is 1.84 bits per heavy atom. The van der Waals surface area contributed by atoms with Crippen molar-refractivity contribution in [2.45, 2.75) is 37.5 Å². The van der Waals surface area contributed by atoms with Gasteiger partial charge in [0, 0.05) is 23.9 Å². The normalized spacial score (nSPS) is 21.1. The predicted octanol–water partition coefficient (Wildman–Crippen LogP) is 4.82. The van der Waals surface area contributed by atoms with E-state index in [0.717, 1.165) is 48.3 Å². The molecule has 0 aliphatic carbocycles. The Morgan fingerprint density at radius 3 is 2.62 bits per heavy atom. The summed E-state index contributed by atoms with van der Waals surface area (Å²) in [4.78, 5) is 14.0. The quantitative estimate of drug-likeness (QED) is 0.430. The molecule has 0 spiro atoms. The predicted molar refractivity (Wildman–Crippen MR) is 145 cm³/mol. The number of carbonyl (C=O) groups is 1. The Kier molecular flexibility index (Phi) is 9.27. The van der Waals surface area contributed by atoms with Crippen LogP contribution in [0.25, 0.3) is 10.8 Å². The van der Waals surface area contributed by atoms with Crippen LogP contribution in [0, 0.1) is 0 Å². The number of hydrogen-bond acceptors (Lipinski definition) is 6. The molecule has 0 aromatic heterocycles. The zero-order valence-electron chi connectivity index (χ0n) is 21.1. The lowest BCUT2D eigenvalue weighted by atomic mass is 9.94. The average molecular weight is 527 g/mol. The van der Waals surface area contributed by atoms with Crippen LogP contribution < -0.4 is 15.2 Å². The van der Waals surface area contributed by atoms with Crippen LogP contribution in [0.4, 0.5) is 0 Å². The number of ether oxygens (including phenoxy) is 4. The Bertz CT molecular complexity index is 1200. The Hall–Kier alpha value is -2.84. The summed E-state index contributed by atoms with van der Waals surface area (Å²) < 4.78 is 23.4. The smallest absolute Gasteiger partial charge is 0.231 e. The van der Waals surface area contributed by atoms with Gasteiger partial charge in [0.2, 0.25) is 5.91 Å². The number of nitrogens with zero attached hydrogens (tertiary/aromatic N) is 1. The third kappa shape index (κ3) is 6.36. The van der Waals surface area contributed by atoms with E-state index in [1.165, 1.54) is 10.9 Å². The van der Waals surface area contributed by atoms with Crippen molar-refractivity contribution in [2.75, 3.05) is 40.0 Å². The van der Waals surface area contributed by atoms with Gasteiger partial charge >= 0.3 is 0 Å². The minimum atomic E-state index is -0.320. The fourth-order valence-corrected chi connectivity index (χ4v) is 5.37. The van der Waals surface area contributed by atoms with Crippen LogP contribution in [0.3, 0.4) is 0 Å². The summed E-state index contributed by atoms with van der Waals surface area (Å²) in [6.45, 7) is 2.83. The van der Waals surface area contributed by atoms with Gasteiger partial charge in [0.15, 0.2) is 6.29 Å². The van der Waals surface area contributed by atoms with Crippen LogP contribution in [0.15, 0.2) is 60.7 Å². The Labute approximate surface area is 224 Å². The molecule has 0 radical (unpaired) electrons. The van der Waals surface area contributed by atoms with E-state index in [0.29, 0.717) is 19.8 Å². The summed E-state index contributed by atoms with van der Waals surface area (Å²) >= 11 is 0. The zero-order chi connectivity index (χ0) is 24.9. The van der Waals surface area contributed by atoms with Crippen molar-refractivity contribution in [3.05, 3.63) is 71.8 Å². The number of fused-ring (bicyclic) bond motifs is 2. The molecule has 3 aromatic carbocycles.